The summed E-state index contributed by atoms with van der Waals surface area (Å²) in [7, 11) is 0. The Morgan fingerprint density at radius 3 is 1.01 bits per heavy atom. The zero-order valence-corrected chi connectivity index (χ0v) is 74.6. The van der Waals surface area contributed by atoms with Gasteiger partial charge in [0.2, 0.25) is 41.3 Å². The number of nitrogens with zero attached hydrogens (tertiary/aromatic N) is 10. The van der Waals surface area contributed by atoms with Gasteiger partial charge in [-0.15, -0.1) is 0 Å². The summed E-state index contributed by atoms with van der Waals surface area (Å²) < 4.78 is 46.9. The first-order valence-corrected chi connectivity index (χ1v) is 43.2. The molecule has 32 nitrogen and oxygen atoms in total. The van der Waals surface area contributed by atoms with Gasteiger partial charge in [0.05, 0.1) is 37.8 Å². The van der Waals surface area contributed by atoms with Gasteiger partial charge in [-0.25, -0.2) is 39.9 Å². The van der Waals surface area contributed by atoms with E-state index in [2.05, 4.69) is 135 Å². The molecule has 6 heterocycles. The number of carbonyl (C=O) groups excluding carboxylic acids is 5. The Morgan fingerprint density at radius 2 is 0.610 bits per heavy atom. The number of morpholine rings is 2. The Balaban J connectivity index is 0.000000147. The van der Waals surface area contributed by atoms with Crippen LogP contribution < -0.4 is 81.2 Å². The molecule has 0 saturated carbocycles. The molecule has 2 aliphatic rings. The normalized spacial score (nSPS) is 11.7. The monoisotopic (exact) mass is 1880 g/mol. The molecule has 15 aromatic rings. The highest BCUT2D eigenvalue weighted by Crippen LogP contribution is 2.36. The van der Waals surface area contributed by atoms with E-state index in [4.69, 9.17) is 37.9 Å². The van der Waals surface area contributed by atoms with E-state index in [0.29, 0.717) is 155 Å². The molecule has 2 fully saturated rings. The minimum absolute atomic E-state index is 0.160. The maximum atomic E-state index is 13.2. The van der Waals surface area contributed by atoms with Crippen LogP contribution in [0.4, 0.5) is 86.0 Å². The van der Waals surface area contributed by atoms with Gasteiger partial charge in [-0.05, 0) is 224 Å². The van der Waals surface area contributed by atoms with Crippen molar-refractivity contribution in [1.82, 2.24) is 44.8 Å². The van der Waals surface area contributed by atoms with Crippen LogP contribution in [0.1, 0.15) is 10.4 Å². The number of hydrogen-bond acceptors (Lipinski definition) is 27. The number of benzene rings is 11. The maximum Gasteiger partial charge on any atom is 0.254 e. The fraction of sp³-hybridized carbons (Fsp3) is 0.0777. The van der Waals surface area contributed by atoms with Gasteiger partial charge in [-0.1, -0.05) is 115 Å². The highest BCUT2D eigenvalue weighted by molar-refractivity contribution is 9.10. The predicted octanol–water partition coefficient (Wildman–Crippen LogP) is 21.9. The summed E-state index contributed by atoms with van der Waals surface area (Å²) in [5, 5.41) is 27.1. The van der Waals surface area contributed by atoms with Crippen LogP contribution in [0.3, 0.4) is 0 Å². The Morgan fingerprint density at radius 1 is 0.294 bits per heavy atom. The van der Waals surface area contributed by atoms with E-state index in [9.17, 15) is 24.0 Å². The maximum absolute atomic E-state index is 13.2. The Kier molecular flexibility index (Phi) is 33.7. The molecule has 9 N–H and O–H groups in total. The average Bonchev–Trinajstić information content (AvgIpc) is 0.818. The quantitative estimate of drug-likeness (QED) is 0.0177. The smallest absolute Gasteiger partial charge is 0.254 e. The Labute approximate surface area is 791 Å². The first kappa shape index (κ1) is 94.2. The third-order valence-corrected chi connectivity index (χ3v) is 19.7. The minimum atomic E-state index is -0.389. The standard InChI is InChI=1S/C30H27N5O5.C29H27N5O4.C25H20N4O3.C19H16BrN5O/c1-2-28(36)34-23-17-21(30(37)35-12-14-38-15-13-35)16-22(18-23)33-27-19-29(32-20-31-27)40-26-10-8-25(9-11-26)39-24-6-4-3-5-7-24;1-2-28(35)33-25-18-21(8-13-26(25)34-14-16-36-17-15-34)32-27-19-29(31-20-30-27)38-24-11-9-23(10-12-24)37-22-6-4-3-5-7-22;1-2-24(30)29-19-8-6-7-18(15-19)28-23-16-25(27-17-26-23)32-22-13-11-21(12-14-22)31-20-9-4-3-5-10-20;1-2-19(26)25-16-8-4-7-15(10-16)24-18-11-17(21-12-22-18)23-14-6-3-5-13(20)9-14/h2-11,16-20H,1,12-15H2,(H,34,36)(H,31,32,33);2-13,18-20H,1,14-17H2,(H,33,35)(H,30,31,32);2-17H,1H2,(H,29,30)(H,26,27,28);2-12H,1H2,(H,25,26)(H2,21,22,23,24). The van der Waals surface area contributed by atoms with Crippen LogP contribution in [0.5, 0.6) is 69.4 Å². The molecule has 0 bridgehead atoms. The van der Waals surface area contributed by atoms with Crippen molar-refractivity contribution in [3.63, 3.8) is 0 Å². The lowest BCUT2D eigenvalue weighted by Crippen LogP contribution is -2.40. The lowest BCUT2D eigenvalue weighted by atomic mass is 10.1. The summed E-state index contributed by atoms with van der Waals surface area (Å²) in [6.45, 7) is 18.7. The summed E-state index contributed by atoms with van der Waals surface area (Å²) in [6.07, 6.45) is 10.5. The predicted molar refractivity (Wildman–Crippen MR) is 529 cm³/mol. The highest BCUT2D eigenvalue weighted by atomic mass is 79.9. The summed E-state index contributed by atoms with van der Waals surface area (Å²) in [4.78, 5) is 97.8. The number of rotatable bonds is 32. The van der Waals surface area contributed by atoms with Gasteiger partial charge >= 0.3 is 0 Å². The molecule has 4 aromatic heterocycles. The molecule has 136 heavy (non-hydrogen) atoms. The van der Waals surface area contributed by atoms with Crippen LogP contribution in [-0.2, 0) is 28.7 Å². The second-order valence-electron chi connectivity index (χ2n) is 29.1. The number of halogens is 1. The van der Waals surface area contributed by atoms with Crippen LogP contribution in [0.15, 0.2) is 378 Å². The Bertz CT molecular complexity index is 6610. The summed E-state index contributed by atoms with van der Waals surface area (Å²) in [6, 6.07) is 90.3. The van der Waals surface area contributed by atoms with Crippen molar-refractivity contribution < 1.29 is 61.9 Å². The Hall–Kier alpha value is -18.0. The zero-order valence-electron chi connectivity index (χ0n) is 73.1. The van der Waals surface area contributed by atoms with Gasteiger partial charge in [0.15, 0.2) is 0 Å². The molecule has 5 amide bonds. The summed E-state index contributed by atoms with van der Waals surface area (Å²) >= 11 is 3.44. The second-order valence-corrected chi connectivity index (χ2v) is 30.0. The molecule has 682 valence electrons. The van der Waals surface area contributed by atoms with Gasteiger partial charge in [0.25, 0.3) is 5.91 Å². The highest BCUT2D eigenvalue weighted by Gasteiger charge is 2.22. The number of amides is 5. The fourth-order valence-corrected chi connectivity index (χ4v) is 13.3. The molecule has 17 rings (SSSR count). The van der Waals surface area contributed by atoms with Crippen molar-refractivity contribution in [2.24, 2.45) is 0 Å². The van der Waals surface area contributed by atoms with Gasteiger partial charge < -0.3 is 95.5 Å². The number of ether oxygens (including phenoxy) is 8. The molecule has 0 atom stereocenters. The van der Waals surface area contributed by atoms with E-state index in [1.54, 1.807) is 102 Å². The zero-order chi connectivity index (χ0) is 94.4. The van der Waals surface area contributed by atoms with Crippen molar-refractivity contribution in [3.05, 3.63) is 383 Å². The van der Waals surface area contributed by atoms with Gasteiger partial charge in [-0.3, -0.25) is 24.0 Å². The third kappa shape index (κ3) is 29.8. The van der Waals surface area contributed by atoms with Crippen molar-refractivity contribution >= 4 is 131 Å². The molecular weight excluding hydrogens is 1790 g/mol. The molecule has 2 aliphatic heterocycles. The third-order valence-electron chi connectivity index (χ3n) is 19.2. The molecule has 11 aromatic carbocycles. The van der Waals surface area contributed by atoms with E-state index in [0.717, 1.165) is 69.3 Å². The van der Waals surface area contributed by atoms with Gasteiger partial charge in [0, 0.05) is 106 Å². The van der Waals surface area contributed by atoms with E-state index in [1.807, 2.05) is 200 Å². The minimum Gasteiger partial charge on any atom is -0.457 e. The summed E-state index contributed by atoms with van der Waals surface area (Å²) in [5.41, 5.74) is 7.50. The molecule has 0 spiro atoms. The first-order valence-electron chi connectivity index (χ1n) is 42.4. The molecular formula is C103H90BrN19O13. The molecule has 33 heteroatoms. The number of hydrogen-bond donors (Lipinski definition) is 9. The van der Waals surface area contributed by atoms with E-state index < -0.39 is 0 Å². The number of carbonyl (C=O) groups is 5. The number of para-hydroxylation sites is 3. The topological polar surface area (TPSA) is 377 Å². The van der Waals surface area contributed by atoms with Crippen molar-refractivity contribution in [3.8, 4) is 69.4 Å². The summed E-state index contributed by atoms with van der Waals surface area (Å²) in [5.74, 6) is 8.67. The van der Waals surface area contributed by atoms with Crippen LogP contribution >= 0.6 is 15.9 Å². The molecule has 0 radical (unpaired) electrons. The number of anilines is 15. The van der Waals surface area contributed by atoms with Crippen molar-refractivity contribution in [1.29, 1.82) is 0 Å². The average molecular weight is 1880 g/mol. The lowest BCUT2D eigenvalue weighted by Gasteiger charge is -2.30. The van der Waals surface area contributed by atoms with Crippen LogP contribution in [-0.4, -0.2) is 127 Å². The van der Waals surface area contributed by atoms with Crippen molar-refractivity contribution in [2.45, 2.75) is 0 Å². The molecule has 0 aliphatic carbocycles. The molecule has 0 unspecified atom stereocenters. The van der Waals surface area contributed by atoms with E-state index in [-0.39, 0.29) is 29.5 Å². The van der Waals surface area contributed by atoms with Crippen molar-refractivity contribution in [2.75, 3.05) is 105 Å². The largest absolute Gasteiger partial charge is 0.457 e. The van der Waals surface area contributed by atoms with E-state index in [1.165, 1.54) is 43.5 Å². The second kappa shape index (κ2) is 48.6. The SMILES string of the molecule is C=CC(=O)Nc1cc(Nc2cc(Oc3ccc(Oc4ccccc4)cc3)ncn2)cc(C(=O)N2CCOCC2)c1.C=CC(=O)Nc1cc(Nc2cc(Oc3ccc(Oc4ccccc4)cc3)ncn2)ccc1N1CCOCC1.C=CC(=O)Nc1cccc(Nc2cc(Nc3cccc(Br)c3)ncn2)c1.C=CC(=O)Nc1cccc(Nc2cc(Oc3ccc(Oc4ccccc4)cc3)ncn2)c1. The fourth-order valence-electron chi connectivity index (χ4n) is 12.9. The van der Waals surface area contributed by atoms with Crippen LogP contribution in [0, 0.1) is 0 Å². The number of aromatic nitrogens is 8. The van der Waals surface area contributed by atoms with Gasteiger partial charge in [-0.2, -0.15) is 0 Å². The lowest BCUT2D eigenvalue weighted by molar-refractivity contribution is -0.112. The number of nitrogens with one attached hydrogen (secondary N) is 9. The van der Waals surface area contributed by atoms with Gasteiger partial charge in [0.1, 0.15) is 106 Å². The van der Waals surface area contributed by atoms with Crippen LogP contribution in [0.2, 0.25) is 0 Å². The van der Waals surface area contributed by atoms with E-state index >= 15 is 0 Å². The van der Waals surface area contributed by atoms with Crippen LogP contribution in [0.25, 0.3) is 0 Å². The first-order chi connectivity index (χ1) is 66.5. The molecule has 2 saturated heterocycles.